The Bertz CT molecular complexity index is 1220. The van der Waals surface area contributed by atoms with Crippen LogP contribution >= 0.6 is 0 Å². The van der Waals surface area contributed by atoms with E-state index in [4.69, 9.17) is 15.2 Å². The monoisotopic (exact) mass is 503 g/mol. The molecule has 5 rings (SSSR count). The number of amides is 1. The zero-order valence-corrected chi connectivity index (χ0v) is 20.5. The maximum atomic E-state index is 12.9. The first-order chi connectivity index (χ1) is 18.0. The summed E-state index contributed by atoms with van der Waals surface area (Å²) in [6.07, 6.45) is 5.33. The van der Waals surface area contributed by atoms with E-state index in [1.807, 2.05) is 70.5 Å². The molecule has 0 atom stereocenters. The van der Waals surface area contributed by atoms with Crippen LogP contribution in [0.3, 0.4) is 0 Å². The molecule has 37 heavy (non-hydrogen) atoms. The average molecular weight is 504 g/mol. The van der Waals surface area contributed by atoms with Crippen molar-refractivity contribution >= 4 is 11.7 Å². The number of nitrogen functional groups attached to an aromatic ring is 1. The molecule has 1 amide bonds. The molecule has 8 nitrogen and oxygen atoms in total. The highest BCUT2D eigenvalue weighted by Gasteiger charge is 2.26. The lowest BCUT2D eigenvalue weighted by molar-refractivity contribution is -0.127. The topological polar surface area (TPSA) is 93.8 Å². The summed E-state index contributed by atoms with van der Waals surface area (Å²) in [5.74, 6) is 2.19. The Labute approximate surface area is 215 Å². The molecule has 0 unspecified atom stereocenters. The van der Waals surface area contributed by atoms with E-state index in [1.165, 1.54) is 6.33 Å². The highest BCUT2D eigenvalue weighted by Crippen LogP contribution is 2.35. The number of hydrogen-bond acceptors (Lipinski definition) is 7. The average Bonchev–Trinajstić information content (AvgIpc) is 2.89. The van der Waals surface area contributed by atoms with Crippen LogP contribution in [0.4, 0.5) is 10.2 Å². The summed E-state index contributed by atoms with van der Waals surface area (Å²) >= 11 is 0. The first-order valence-corrected chi connectivity index (χ1v) is 12.5. The fourth-order valence-electron chi connectivity index (χ4n) is 4.47. The Kier molecular flexibility index (Phi) is 7.60. The lowest BCUT2D eigenvalue weighted by Gasteiger charge is -2.33. The van der Waals surface area contributed by atoms with Crippen molar-refractivity contribution in [1.29, 1.82) is 0 Å². The molecule has 2 aliphatic rings. The van der Waals surface area contributed by atoms with Gasteiger partial charge in [-0.3, -0.25) is 9.69 Å². The lowest BCUT2D eigenvalue weighted by atomic mass is 10.1. The summed E-state index contributed by atoms with van der Waals surface area (Å²) < 4.78 is 25.0. The Balaban J connectivity index is 1.18. The second-order valence-corrected chi connectivity index (χ2v) is 9.24. The van der Waals surface area contributed by atoms with E-state index in [9.17, 15) is 9.18 Å². The van der Waals surface area contributed by atoms with Crippen molar-refractivity contribution in [2.45, 2.75) is 25.1 Å². The summed E-state index contributed by atoms with van der Waals surface area (Å²) in [4.78, 5) is 24.8. The zero-order chi connectivity index (χ0) is 25.6. The van der Waals surface area contributed by atoms with Gasteiger partial charge in [-0.25, -0.2) is 14.4 Å². The normalized spacial score (nSPS) is 17.1. The summed E-state index contributed by atoms with van der Waals surface area (Å²) in [6, 6.07) is 17.1. The van der Waals surface area contributed by atoms with Crippen LogP contribution < -0.4 is 15.2 Å². The van der Waals surface area contributed by atoms with Gasteiger partial charge in [0, 0.05) is 51.6 Å². The summed E-state index contributed by atoms with van der Waals surface area (Å²) in [5, 5.41) is 0. The number of carbonyl (C=O) groups is 1. The van der Waals surface area contributed by atoms with Gasteiger partial charge in [0.1, 0.15) is 35.9 Å². The molecule has 192 valence electrons. The molecule has 3 heterocycles. The van der Waals surface area contributed by atoms with E-state index in [1.54, 1.807) is 6.08 Å². The number of benzene rings is 2. The Morgan fingerprint density at radius 2 is 1.73 bits per heavy atom. The van der Waals surface area contributed by atoms with Gasteiger partial charge in [-0.05, 0) is 29.8 Å². The third-order valence-electron chi connectivity index (χ3n) is 6.53. The van der Waals surface area contributed by atoms with Crippen LogP contribution in [0.1, 0.15) is 12.8 Å². The van der Waals surface area contributed by atoms with Crippen molar-refractivity contribution in [2.75, 3.05) is 38.5 Å². The zero-order valence-electron chi connectivity index (χ0n) is 20.5. The number of piperidine rings is 1. The number of likely N-dealkylation sites (tertiary alicyclic amines) is 2. The van der Waals surface area contributed by atoms with Crippen molar-refractivity contribution in [1.82, 2.24) is 19.8 Å². The molecular formula is C28H30FN5O3. The minimum atomic E-state index is -0.734. The number of para-hydroxylation sites is 1. The number of hydrogen-bond donors (Lipinski definition) is 1. The number of alkyl halides is 1. The molecule has 0 saturated carbocycles. The maximum Gasteiger partial charge on any atom is 0.246 e. The molecule has 1 aromatic heterocycles. The van der Waals surface area contributed by atoms with Crippen LogP contribution in [0, 0.1) is 0 Å². The fourth-order valence-corrected chi connectivity index (χ4v) is 4.47. The molecule has 0 spiro atoms. The van der Waals surface area contributed by atoms with E-state index in [0.717, 1.165) is 11.3 Å². The minimum absolute atomic E-state index is 0.0273. The van der Waals surface area contributed by atoms with Gasteiger partial charge < -0.3 is 20.1 Å². The van der Waals surface area contributed by atoms with Crippen molar-refractivity contribution in [3.8, 4) is 28.5 Å². The molecule has 0 bridgehead atoms. The minimum Gasteiger partial charge on any atom is -0.474 e. The highest BCUT2D eigenvalue weighted by atomic mass is 19.1. The smallest absolute Gasteiger partial charge is 0.246 e. The first-order valence-electron chi connectivity index (χ1n) is 12.5. The van der Waals surface area contributed by atoms with Gasteiger partial charge in [-0.1, -0.05) is 36.4 Å². The predicted octanol–water partition coefficient (Wildman–Crippen LogP) is 4.10. The largest absolute Gasteiger partial charge is 0.474 e. The van der Waals surface area contributed by atoms with Crippen LogP contribution in [-0.4, -0.2) is 70.7 Å². The molecule has 2 aliphatic heterocycles. The van der Waals surface area contributed by atoms with Gasteiger partial charge in [0.25, 0.3) is 0 Å². The van der Waals surface area contributed by atoms with E-state index < -0.39 is 6.17 Å². The molecule has 0 radical (unpaired) electrons. The van der Waals surface area contributed by atoms with E-state index in [2.05, 4.69) is 9.97 Å². The van der Waals surface area contributed by atoms with Crippen LogP contribution in [0.15, 0.2) is 73.1 Å². The van der Waals surface area contributed by atoms with E-state index in [0.29, 0.717) is 68.6 Å². The predicted molar refractivity (Wildman–Crippen MR) is 139 cm³/mol. The van der Waals surface area contributed by atoms with E-state index >= 15 is 0 Å². The van der Waals surface area contributed by atoms with Gasteiger partial charge in [0.2, 0.25) is 11.8 Å². The lowest BCUT2D eigenvalue weighted by Crippen LogP contribution is -2.48. The number of rotatable bonds is 8. The van der Waals surface area contributed by atoms with Crippen molar-refractivity contribution in [3.05, 3.63) is 73.1 Å². The second-order valence-electron chi connectivity index (χ2n) is 9.24. The summed E-state index contributed by atoms with van der Waals surface area (Å²) in [7, 11) is 0. The quantitative estimate of drug-likeness (QED) is 0.463. The van der Waals surface area contributed by atoms with Gasteiger partial charge in [0.05, 0.1) is 5.56 Å². The number of aromatic nitrogens is 2. The van der Waals surface area contributed by atoms with E-state index in [-0.39, 0.29) is 12.0 Å². The van der Waals surface area contributed by atoms with Crippen molar-refractivity contribution < 1.29 is 18.7 Å². The van der Waals surface area contributed by atoms with Crippen LogP contribution in [0.5, 0.6) is 17.4 Å². The van der Waals surface area contributed by atoms with Gasteiger partial charge in [-0.2, -0.15) is 0 Å². The van der Waals surface area contributed by atoms with Crippen LogP contribution in [0.2, 0.25) is 0 Å². The standard InChI is InChI=1S/C28H30FN5O3/c29-21-17-33(18-21)14-4-7-25(35)34-15-12-24(13-16-34)37-28-26(27(30)31-19-32-28)20-8-10-23(11-9-20)36-22-5-2-1-3-6-22/h1-11,19,21,24H,12-18H2,(H2,30,31,32). The Morgan fingerprint density at radius 3 is 2.43 bits per heavy atom. The Hall–Kier alpha value is -3.98. The van der Waals surface area contributed by atoms with Gasteiger partial charge in [0.15, 0.2) is 0 Å². The number of carbonyl (C=O) groups excluding carboxylic acids is 1. The number of nitrogens with zero attached hydrogens (tertiary/aromatic N) is 4. The highest BCUT2D eigenvalue weighted by molar-refractivity contribution is 5.87. The Morgan fingerprint density at radius 1 is 1.03 bits per heavy atom. The molecule has 2 saturated heterocycles. The molecule has 2 aromatic carbocycles. The SMILES string of the molecule is Nc1ncnc(OC2CCN(C(=O)C=CCN3CC(F)C3)CC2)c1-c1ccc(Oc2ccccc2)cc1. The number of anilines is 1. The maximum absolute atomic E-state index is 12.9. The van der Waals surface area contributed by atoms with Crippen LogP contribution in [0.25, 0.3) is 11.1 Å². The third-order valence-corrected chi connectivity index (χ3v) is 6.53. The van der Waals surface area contributed by atoms with Gasteiger partial charge >= 0.3 is 0 Å². The summed E-state index contributed by atoms with van der Waals surface area (Å²) in [5.41, 5.74) is 7.69. The van der Waals surface area contributed by atoms with Crippen molar-refractivity contribution in [3.63, 3.8) is 0 Å². The molecule has 9 heteroatoms. The second kappa shape index (κ2) is 11.4. The molecule has 0 aliphatic carbocycles. The fraction of sp³-hybridized carbons (Fsp3) is 0.321. The molecule has 2 fully saturated rings. The third kappa shape index (κ3) is 6.24. The van der Waals surface area contributed by atoms with Crippen molar-refractivity contribution in [2.24, 2.45) is 0 Å². The summed E-state index contributed by atoms with van der Waals surface area (Å²) in [6.45, 7) is 2.67. The number of halogens is 1. The molecular weight excluding hydrogens is 473 g/mol. The first kappa shape index (κ1) is 24.7. The number of ether oxygens (including phenoxy) is 2. The van der Waals surface area contributed by atoms with Gasteiger partial charge in [-0.15, -0.1) is 0 Å². The molecule has 3 aromatic rings. The molecule has 2 N–H and O–H groups in total. The van der Waals surface area contributed by atoms with Crippen LogP contribution in [-0.2, 0) is 4.79 Å². The number of nitrogens with two attached hydrogens (primary N) is 1.